The van der Waals surface area contributed by atoms with Crippen LogP contribution in [0.2, 0.25) is 5.02 Å². The highest BCUT2D eigenvalue weighted by atomic mass is 35.5. The number of ether oxygens (including phenoxy) is 1. The topological polar surface area (TPSA) is 78.9 Å². The molecule has 3 rings (SSSR count). The molecule has 1 atom stereocenters. The van der Waals surface area contributed by atoms with Crippen LogP contribution in [-0.4, -0.2) is 33.4 Å². The first-order valence-corrected chi connectivity index (χ1v) is 6.51. The van der Waals surface area contributed by atoms with E-state index in [2.05, 4.69) is 15.5 Å². The third kappa shape index (κ3) is 2.54. The molecule has 1 aliphatic heterocycles. The van der Waals surface area contributed by atoms with Crippen LogP contribution >= 0.6 is 11.6 Å². The lowest BCUT2D eigenvalue weighted by atomic mass is 10.1. The van der Waals surface area contributed by atoms with Gasteiger partial charge in [-0.2, -0.15) is 0 Å². The summed E-state index contributed by atoms with van der Waals surface area (Å²) in [7, 11) is 0. The average molecular weight is 280 g/mol. The van der Waals surface area contributed by atoms with Crippen molar-refractivity contribution in [1.82, 2.24) is 20.2 Å². The molecule has 1 aromatic heterocycles. The maximum Gasteiger partial charge on any atom is 0.182 e. The molecular weight excluding hydrogens is 266 g/mol. The second-order valence-electron chi connectivity index (χ2n) is 4.65. The Bertz CT molecular complexity index is 579. The molecule has 0 bridgehead atoms. The van der Waals surface area contributed by atoms with Gasteiger partial charge in [0.25, 0.3) is 0 Å². The number of halogens is 1. The highest BCUT2D eigenvalue weighted by Gasteiger charge is 2.19. The Morgan fingerprint density at radius 1 is 1.47 bits per heavy atom. The van der Waals surface area contributed by atoms with Gasteiger partial charge in [0.1, 0.15) is 0 Å². The molecule has 1 saturated heterocycles. The molecule has 0 spiro atoms. The molecule has 7 heteroatoms. The van der Waals surface area contributed by atoms with Crippen LogP contribution in [0.5, 0.6) is 0 Å². The van der Waals surface area contributed by atoms with Crippen molar-refractivity contribution in [2.24, 2.45) is 5.92 Å². The minimum atomic E-state index is 0.464. The summed E-state index contributed by atoms with van der Waals surface area (Å²) in [6.45, 7) is 2.34. The number of nitrogens with zero attached hydrogens (tertiary/aromatic N) is 4. The van der Waals surface area contributed by atoms with Crippen LogP contribution in [0.25, 0.3) is 11.4 Å². The van der Waals surface area contributed by atoms with Crippen LogP contribution in [-0.2, 0) is 11.3 Å². The number of nitrogen functional groups attached to an aromatic ring is 1. The number of aromatic nitrogens is 4. The van der Waals surface area contributed by atoms with Crippen LogP contribution in [0, 0.1) is 5.92 Å². The maximum absolute atomic E-state index is 6.03. The SMILES string of the molecule is Nc1ccc(-c2nnnn2CC2CCOC2)cc1Cl. The largest absolute Gasteiger partial charge is 0.398 e. The molecule has 0 aliphatic carbocycles. The van der Waals surface area contributed by atoms with Gasteiger partial charge in [0.15, 0.2) is 5.82 Å². The van der Waals surface area contributed by atoms with Gasteiger partial charge in [-0.05, 0) is 35.0 Å². The Balaban J connectivity index is 1.87. The zero-order valence-electron chi connectivity index (χ0n) is 10.3. The van der Waals surface area contributed by atoms with Gasteiger partial charge in [-0.25, -0.2) is 4.68 Å². The highest BCUT2D eigenvalue weighted by molar-refractivity contribution is 6.33. The lowest BCUT2D eigenvalue weighted by Gasteiger charge is -2.09. The average Bonchev–Trinajstić information content (AvgIpc) is 3.05. The van der Waals surface area contributed by atoms with Gasteiger partial charge in [0.05, 0.1) is 23.9 Å². The number of tetrazole rings is 1. The van der Waals surface area contributed by atoms with E-state index in [1.165, 1.54) is 0 Å². The van der Waals surface area contributed by atoms with E-state index in [0.29, 0.717) is 22.5 Å². The van der Waals surface area contributed by atoms with Crippen LogP contribution in [0.3, 0.4) is 0 Å². The quantitative estimate of drug-likeness (QED) is 0.864. The van der Waals surface area contributed by atoms with Crippen LogP contribution in [0.4, 0.5) is 5.69 Å². The van der Waals surface area contributed by atoms with Crippen LogP contribution in [0.15, 0.2) is 18.2 Å². The Morgan fingerprint density at radius 2 is 2.37 bits per heavy atom. The Kier molecular flexibility index (Phi) is 3.35. The van der Waals surface area contributed by atoms with E-state index in [1.54, 1.807) is 16.8 Å². The summed E-state index contributed by atoms with van der Waals surface area (Å²) in [4.78, 5) is 0. The Labute approximate surface area is 115 Å². The van der Waals surface area contributed by atoms with Gasteiger partial charge < -0.3 is 10.5 Å². The Hall–Kier alpha value is -1.66. The molecule has 1 aliphatic rings. The predicted molar refractivity (Wildman–Crippen MR) is 71.6 cm³/mol. The van der Waals surface area contributed by atoms with Crippen molar-refractivity contribution in [1.29, 1.82) is 0 Å². The van der Waals surface area contributed by atoms with Gasteiger partial charge in [-0.3, -0.25) is 0 Å². The minimum absolute atomic E-state index is 0.464. The first-order chi connectivity index (χ1) is 9.24. The van der Waals surface area contributed by atoms with Crippen molar-refractivity contribution < 1.29 is 4.74 Å². The zero-order chi connectivity index (χ0) is 13.2. The summed E-state index contributed by atoms with van der Waals surface area (Å²) in [5.74, 6) is 1.17. The normalized spacial score (nSPS) is 18.9. The van der Waals surface area contributed by atoms with E-state index in [4.69, 9.17) is 22.1 Å². The van der Waals surface area contributed by atoms with Crippen molar-refractivity contribution in [2.75, 3.05) is 18.9 Å². The van der Waals surface area contributed by atoms with Crippen LogP contribution < -0.4 is 5.73 Å². The number of hydrogen-bond donors (Lipinski definition) is 1. The summed E-state index contributed by atoms with van der Waals surface area (Å²) < 4.78 is 7.16. The summed E-state index contributed by atoms with van der Waals surface area (Å²) in [6, 6.07) is 5.41. The molecule has 2 aromatic rings. The molecule has 1 fully saturated rings. The number of rotatable bonds is 3. The molecule has 6 nitrogen and oxygen atoms in total. The monoisotopic (exact) mass is 279 g/mol. The van der Waals surface area contributed by atoms with Crippen molar-refractivity contribution in [2.45, 2.75) is 13.0 Å². The van der Waals surface area contributed by atoms with E-state index in [9.17, 15) is 0 Å². The van der Waals surface area contributed by atoms with Crippen molar-refractivity contribution in [3.05, 3.63) is 23.2 Å². The fourth-order valence-corrected chi connectivity index (χ4v) is 2.35. The summed E-state index contributed by atoms with van der Waals surface area (Å²) in [5, 5.41) is 12.3. The fourth-order valence-electron chi connectivity index (χ4n) is 2.17. The van der Waals surface area contributed by atoms with Crippen molar-refractivity contribution >= 4 is 17.3 Å². The lowest BCUT2D eigenvalue weighted by molar-refractivity contribution is 0.181. The third-order valence-electron chi connectivity index (χ3n) is 3.25. The van der Waals surface area contributed by atoms with Crippen molar-refractivity contribution in [3.8, 4) is 11.4 Å². The highest BCUT2D eigenvalue weighted by Crippen LogP contribution is 2.26. The summed E-state index contributed by atoms with van der Waals surface area (Å²) in [5.41, 5.74) is 7.12. The minimum Gasteiger partial charge on any atom is -0.398 e. The molecule has 100 valence electrons. The fraction of sp³-hybridized carbons (Fsp3) is 0.417. The molecular formula is C12H14ClN5O. The second-order valence-corrected chi connectivity index (χ2v) is 5.06. The smallest absolute Gasteiger partial charge is 0.182 e. The number of anilines is 1. The van der Waals surface area contributed by atoms with E-state index in [0.717, 1.165) is 31.7 Å². The molecule has 1 aromatic carbocycles. The number of hydrogen-bond acceptors (Lipinski definition) is 5. The maximum atomic E-state index is 6.03. The lowest BCUT2D eigenvalue weighted by Crippen LogP contribution is -2.13. The van der Waals surface area contributed by atoms with Gasteiger partial charge in [-0.1, -0.05) is 11.6 Å². The van der Waals surface area contributed by atoms with Crippen LogP contribution in [0.1, 0.15) is 6.42 Å². The van der Waals surface area contributed by atoms with E-state index < -0.39 is 0 Å². The first kappa shape index (κ1) is 12.4. The molecule has 19 heavy (non-hydrogen) atoms. The number of nitrogens with two attached hydrogens (primary N) is 1. The van der Waals surface area contributed by atoms with E-state index >= 15 is 0 Å². The second kappa shape index (κ2) is 5.14. The Morgan fingerprint density at radius 3 is 3.11 bits per heavy atom. The van der Waals surface area contributed by atoms with Gasteiger partial charge in [0, 0.05) is 18.1 Å². The molecule has 2 heterocycles. The standard InChI is InChI=1S/C12H14ClN5O/c13-10-5-9(1-2-11(10)14)12-15-16-17-18(12)6-8-3-4-19-7-8/h1-2,5,8H,3-4,6-7,14H2. The molecule has 1 unspecified atom stereocenters. The first-order valence-electron chi connectivity index (χ1n) is 6.13. The molecule has 0 radical (unpaired) electrons. The molecule has 0 saturated carbocycles. The summed E-state index contributed by atoms with van der Waals surface area (Å²) in [6.07, 6.45) is 1.04. The van der Waals surface area contributed by atoms with E-state index in [1.807, 2.05) is 6.07 Å². The zero-order valence-corrected chi connectivity index (χ0v) is 11.0. The number of benzene rings is 1. The van der Waals surface area contributed by atoms with Gasteiger partial charge in [0.2, 0.25) is 0 Å². The van der Waals surface area contributed by atoms with Gasteiger partial charge >= 0.3 is 0 Å². The summed E-state index contributed by atoms with van der Waals surface area (Å²) >= 11 is 6.03. The van der Waals surface area contributed by atoms with E-state index in [-0.39, 0.29) is 0 Å². The molecule has 2 N–H and O–H groups in total. The third-order valence-corrected chi connectivity index (χ3v) is 3.57. The molecule has 0 amide bonds. The van der Waals surface area contributed by atoms with Gasteiger partial charge in [-0.15, -0.1) is 5.10 Å². The predicted octanol–water partition coefficient (Wildman–Crippen LogP) is 1.61. The van der Waals surface area contributed by atoms with Crippen molar-refractivity contribution in [3.63, 3.8) is 0 Å².